The van der Waals surface area contributed by atoms with Crippen molar-refractivity contribution in [3.8, 4) is 0 Å². The summed E-state index contributed by atoms with van der Waals surface area (Å²) in [5.74, 6) is 1.16. The Kier molecular flexibility index (Phi) is 2.80. The molecule has 19 heavy (non-hydrogen) atoms. The summed E-state index contributed by atoms with van der Waals surface area (Å²) in [4.78, 5) is 29.7. The Labute approximate surface area is 110 Å². The van der Waals surface area contributed by atoms with Crippen molar-refractivity contribution < 1.29 is 9.90 Å². The second kappa shape index (κ2) is 4.36. The second-order valence-electron chi connectivity index (χ2n) is 5.59. The fourth-order valence-corrected chi connectivity index (χ4v) is 2.76. The molecular formula is C13H17N3O3. The molecule has 1 heterocycles. The molecule has 2 aliphatic carbocycles. The highest BCUT2D eigenvalue weighted by Crippen LogP contribution is 2.53. The van der Waals surface area contributed by atoms with Crippen LogP contribution in [-0.2, 0) is 11.2 Å². The predicted octanol–water partition coefficient (Wildman–Crippen LogP) is 0.883. The Bertz CT molecular complexity index is 561. The average molecular weight is 263 g/mol. The van der Waals surface area contributed by atoms with Gasteiger partial charge in [0.15, 0.2) is 0 Å². The Hall–Kier alpha value is -1.85. The van der Waals surface area contributed by atoms with Crippen LogP contribution in [0.4, 0.5) is 5.82 Å². The second-order valence-corrected chi connectivity index (χ2v) is 5.59. The highest BCUT2D eigenvalue weighted by molar-refractivity contribution is 5.71. The van der Waals surface area contributed by atoms with Crippen molar-refractivity contribution in [3.05, 3.63) is 21.7 Å². The van der Waals surface area contributed by atoms with E-state index in [1.54, 1.807) is 0 Å². The highest BCUT2D eigenvalue weighted by atomic mass is 16.4. The van der Waals surface area contributed by atoms with Gasteiger partial charge in [0.1, 0.15) is 11.6 Å². The van der Waals surface area contributed by atoms with Crippen molar-refractivity contribution in [2.75, 3.05) is 5.73 Å². The molecule has 0 radical (unpaired) electrons. The van der Waals surface area contributed by atoms with Crippen molar-refractivity contribution in [3.63, 3.8) is 0 Å². The summed E-state index contributed by atoms with van der Waals surface area (Å²) in [7, 11) is 0. The van der Waals surface area contributed by atoms with E-state index in [-0.39, 0.29) is 17.8 Å². The Morgan fingerprint density at radius 3 is 2.37 bits per heavy atom. The van der Waals surface area contributed by atoms with Crippen molar-refractivity contribution in [1.29, 1.82) is 0 Å². The van der Waals surface area contributed by atoms with E-state index in [1.807, 2.05) is 0 Å². The first-order valence-corrected chi connectivity index (χ1v) is 6.66. The van der Waals surface area contributed by atoms with Crippen LogP contribution in [-0.4, -0.2) is 21.0 Å². The molecule has 102 valence electrons. The molecule has 3 rings (SSSR count). The quantitative estimate of drug-likeness (QED) is 0.730. The molecule has 4 N–H and O–H groups in total. The van der Waals surface area contributed by atoms with Crippen molar-refractivity contribution >= 4 is 11.8 Å². The van der Waals surface area contributed by atoms with Crippen LogP contribution in [0.25, 0.3) is 0 Å². The highest BCUT2D eigenvalue weighted by Gasteiger charge is 2.43. The molecule has 1 aromatic heterocycles. The molecule has 2 saturated carbocycles. The lowest BCUT2D eigenvalue weighted by Gasteiger charge is -2.15. The average Bonchev–Trinajstić information content (AvgIpc) is 3.17. The van der Waals surface area contributed by atoms with Gasteiger partial charge in [-0.1, -0.05) is 0 Å². The minimum atomic E-state index is -1.08. The van der Waals surface area contributed by atoms with Crippen LogP contribution in [0.2, 0.25) is 0 Å². The molecule has 0 spiro atoms. The molecular weight excluding hydrogens is 246 g/mol. The van der Waals surface area contributed by atoms with E-state index in [9.17, 15) is 9.59 Å². The first-order valence-electron chi connectivity index (χ1n) is 6.66. The van der Waals surface area contributed by atoms with E-state index in [4.69, 9.17) is 10.8 Å². The number of nitrogens with one attached hydrogen (secondary N) is 1. The zero-order valence-corrected chi connectivity index (χ0v) is 10.6. The first kappa shape index (κ1) is 12.2. The van der Waals surface area contributed by atoms with Gasteiger partial charge >= 0.3 is 5.97 Å². The number of anilines is 1. The summed E-state index contributed by atoms with van der Waals surface area (Å²) in [5.41, 5.74) is 5.41. The lowest BCUT2D eigenvalue weighted by atomic mass is 9.97. The number of carboxylic acids is 1. The summed E-state index contributed by atoms with van der Waals surface area (Å²) in [5, 5.41) is 8.75. The van der Waals surface area contributed by atoms with Gasteiger partial charge in [0.25, 0.3) is 5.56 Å². The summed E-state index contributed by atoms with van der Waals surface area (Å²) >= 11 is 0. The molecule has 0 amide bonds. The maximum Gasteiger partial charge on any atom is 0.308 e. The van der Waals surface area contributed by atoms with Gasteiger partial charge in [-0.3, -0.25) is 9.59 Å². The van der Waals surface area contributed by atoms with Gasteiger partial charge in [-0.2, -0.15) is 0 Å². The largest absolute Gasteiger partial charge is 0.481 e. The third-order valence-electron chi connectivity index (χ3n) is 3.97. The number of nitrogens with two attached hydrogens (primary N) is 1. The third-order valence-corrected chi connectivity index (χ3v) is 3.97. The molecule has 6 nitrogen and oxygen atoms in total. The van der Waals surface area contributed by atoms with Crippen molar-refractivity contribution in [1.82, 2.24) is 9.97 Å². The summed E-state index contributed by atoms with van der Waals surface area (Å²) in [6.07, 6.45) is 4.35. The Balaban J connectivity index is 1.94. The van der Waals surface area contributed by atoms with Gasteiger partial charge in [0, 0.05) is 5.92 Å². The van der Waals surface area contributed by atoms with Gasteiger partial charge in [-0.15, -0.1) is 0 Å². The lowest BCUT2D eigenvalue weighted by molar-refractivity contribution is -0.136. The number of nitrogens with zero attached hydrogens (tertiary/aromatic N) is 1. The van der Waals surface area contributed by atoms with E-state index in [2.05, 4.69) is 9.97 Å². The maximum atomic E-state index is 11.9. The number of nitrogen functional groups attached to an aromatic ring is 1. The Morgan fingerprint density at radius 2 is 1.95 bits per heavy atom. The SMILES string of the molecule is Nc1nc(C(C2CC2)C2CC2)[nH]c(=O)c1CC(=O)O. The van der Waals surface area contributed by atoms with Gasteiger partial charge in [0.05, 0.1) is 12.0 Å². The van der Waals surface area contributed by atoms with E-state index in [0.717, 1.165) is 0 Å². The number of aromatic nitrogens is 2. The molecule has 0 atom stereocenters. The van der Waals surface area contributed by atoms with E-state index in [1.165, 1.54) is 25.7 Å². The first-order chi connectivity index (χ1) is 9.06. The van der Waals surface area contributed by atoms with Gasteiger partial charge < -0.3 is 15.8 Å². The number of aromatic amines is 1. The fraction of sp³-hybridized carbons (Fsp3) is 0.615. The molecule has 0 aliphatic heterocycles. The maximum absolute atomic E-state index is 11.9. The van der Waals surface area contributed by atoms with E-state index < -0.39 is 11.5 Å². The lowest BCUT2D eigenvalue weighted by Crippen LogP contribution is -2.24. The molecule has 1 aromatic rings. The zero-order chi connectivity index (χ0) is 13.6. The van der Waals surface area contributed by atoms with Crippen LogP contribution in [0.5, 0.6) is 0 Å². The monoisotopic (exact) mass is 263 g/mol. The molecule has 2 aliphatic rings. The van der Waals surface area contributed by atoms with Crippen LogP contribution >= 0.6 is 0 Å². The normalized spacial score (nSPS) is 18.8. The third kappa shape index (κ3) is 2.47. The summed E-state index contributed by atoms with van der Waals surface area (Å²) in [6.45, 7) is 0. The molecule has 6 heteroatoms. The fourth-order valence-electron chi connectivity index (χ4n) is 2.76. The van der Waals surface area contributed by atoms with Crippen LogP contribution in [0, 0.1) is 11.8 Å². The molecule has 0 unspecified atom stereocenters. The topological polar surface area (TPSA) is 109 Å². The Morgan fingerprint density at radius 1 is 1.37 bits per heavy atom. The van der Waals surface area contributed by atoms with Gasteiger partial charge in [0.2, 0.25) is 0 Å². The van der Waals surface area contributed by atoms with Crippen LogP contribution in [0.3, 0.4) is 0 Å². The number of rotatable bonds is 5. The molecule has 0 bridgehead atoms. The van der Waals surface area contributed by atoms with E-state index in [0.29, 0.717) is 23.6 Å². The van der Waals surface area contributed by atoms with Crippen molar-refractivity contribution in [2.24, 2.45) is 11.8 Å². The zero-order valence-electron chi connectivity index (χ0n) is 10.6. The van der Waals surface area contributed by atoms with Gasteiger partial charge in [-0.25, -0.2) is 4.98 Å². The minimum absolute atomic E-state index is 0.0570. The van der Waals surface area contributed by atoms with Crippen molar-refractivity contribution in [2.45, 2.75) is 38.0 Å². The summed E-state index contributed by atoms with van der Waals surface area (Å²) < 4.78 is 0. The summed E-state index contributed by atoms with van der Waals surface area (Å²) in [6, 6.07) is 0. The number of hydrogen-bond acceptors (Lipinski definition) is 4. The molecule has 0 saturated heterocycles. The minimum Gasteiger partial charge on any atom is -0.481 e. The van der Waals surface area contributed by atoms with Crippen LogP contribution in [0.15, 0.2) is 4.79 Å². The number of carboxylic acid groups (broad SMARTS) is 1. The van der Waals surface area contributed by atoms with Crippen LogP contribution < -0.4 is 11.3 Å². The van der Waals surface area contributed by atoms with Gasteiger partial charge in [-0.05, 0) is 37.5 Å². The number of H-pyrrole nitrogens is 1. The molecule has 2 fully saturated rings. The standard InChI is InChI=1S/C13H17N3O3/c14-11-8(5-9(17)18)13(19)16-12(15-11)10(6-1-2-6)7-3-4-7/h6-7,10H,1-5H2,(H,17,18)(H3,14,15,16,19). The predicted molar refractivity (Wildman–Crippen MR) is 68.8 cm³/mol. The van der Waals surface area contributed by atoms with E-state index >= 15 is 0 Å². The molecule has 0 aromatic carbocycles. The van der Waals surface area contributed by atoms with Crippen LogP contribution in [0.1, 0.15) is 43.0 Å². The number of carbonyl (C=O) groups is 1. The smallest absolute Gasteiger partial charge is 0.308 e. The number of aliphatic carboxylic acids is 1. The number of hydrogen-bond donors (Lipinski definition) is 3.